The molecule has 0 spiro atoms. The highest BCUT2D eigenvalue weighted by molar-refractivity contribution is 7.16. The molecule has 0 aliphatic rings. The molecule has 0 fully saturated rings. The third-order valence-corrected chi connectivity index (χ3v) is 3.06. The minimum absolute atomic E-state index is 0.0912. The van der Waals surface area contributed by atoms with Crippen LogP contribution in [0.3, 0.4) is 0 Å². The first-order valence-electron chi connectivity index (χ1n) is 4.89. The molecule has 0 saturated carbocycles. The number of rotatable bonds is 4. The molecular formula is C11H14N2O3S. The van der Waals surface area contributed by atoms with Gasteiger partial charge < -0.3 is 9.64 Å². The van der Waals surface area contributed by atoms with Crippen molar-refractivity contribution in [3.05, 3.63) is 15.8 Å². The maximum Gasteiger partial charge on any atom is 0.350 e. The monoisotopic (exact) mass is 254 g/mol. The molecule has 0 bridgehead atoms. The molecule has 0 atom stereocenters. The van der Waals surface area contributed by atoms with Gasteiger partial charge in [-0.25, -0.2) is 9.79 Å². The molecule has 0 aromatic carbocycles. The van der Waals surface area contributed by atoms with E-state index in [2.05, 4.69) is 9.73 Å². The fourth-order valence-corrected chi connectivity index (χ4v) is 1.98. The summed E-state index contributed by atoms with van der Waals surface area (Å²) in [5, 5.41) is 0. The van der Waals surface area contributed by atoms with Crippen LogP contribution in [0.5, 0.6) is 0 Å². The lowest BCUT2D eigenvalue weighted by atomic mass is 10.3. The maximum atomic E-state index is 11.5. The zero-order chi connectivity index (χ0) is 13.0. The van der Waals surface area contributed by atoms with Crippen molar-refractivity contribution in [2.24, 2.45) is 4.99 Å². The Labute approximate surface area is 104 Å². The molecule has 92 valence electrons. The van der Waals surface area contributed by atoms with Crippen molar-refractivity contribution in [2.75, 3.05) is 21.2 Å². The predicted octanol–water partition coefficient (Wildman–Crippen LogP) is 1.96. The van der Waals surface area contributed by atoms with Gasteiger partial charge in [-0.15, -0.1) is 11.3 Å². The molecule has 6 heteroatoms. The van der Waals surface area contributed by atoms with Gasteiger partial charge in [0.2, 0.25) is 0 Å². The smallest absolute Gasteiger partial charge is 0.350 e. The molecule has 1 heterocycles. The lowest BCUT2D eigenvalue weighted by Crippen LogP contribution is -2.07. The van der Waals surface area contributed by atoms with Crippen LogP contribution in [-0.4, -0.2) is 44.2 Å². The highest BCUT2D eigenvalue weighted by Crippen LogP contribution is 2.30. The molecular weight excluding hydrogens is 240 g/mol. The number of carbonyl (C=O) groups excluding carboxylic acids is 2. The summed E-state index contributed by atoms with van der Waals surface area (Å²) in [6.45, 7) is 1.45. The van der Waals surface area contributed by atoms with Crippen LogP contribution in [0.4, 0.5) is 5.69 Å². The van der Waals surface area contributed by atoms with Gasteiger partial charge in [-0.05, 0) is 13.0 Å². The predicted molar refractivity (Wildman–Crippen MR) is 67.5 cm³/mol. The van der Waals surface area contributed by atoms with Crippen molar-refractivity contribution in [1.29, 1.82) is 0 Å². The van der Waals surface area contributed by atoms with Gasteiger partial charge in [0.25, 0.3) is 0 Å². The highest BCUT2D eigenvalue weighted by atomic mass is 32.1. The largest absolute Gasteiger partial charge is 0.465 e. The Hall–Kier alpha value is -1.69. The maximum absolute atomic E-state index is 11.5. The number of esters is 1. The lowest BCUT2D eigenvalue weighted by molar-refractivity contribution is 0.0607. The van der Waals surface area contributed by atoms with Gasteiger partial charge in [-0.1, -0.05) is 0 Å². The van der Waals surface area contributed by atoms with Crippen LogP contribution >= 0.6 is 11.3 Å². The number of carbonyl (C=O) groups is 2. The van der Waals surface area contributed by atoms with Gasteiger partial charge in [-0.2, -0.15) is 0 Å². The molecule has 0 saturated heterocycles. The number of hydrogen-bond donors (Lipinski definition) is 0. The van der Waals surface area contributed by atoms with E-state index in [4.69, 9.17) is 0 Å². The van der Waals surface area contributed by atoms with Gasteiger partial charge in [0.15, 0.2) is 5.78 Å². The second-order valence-corrected chi connectivity index (χ2v) is 4.63. The topological polar surface area (TPSA) is 59.0 Å². The Kier molecular flexibility index (Phi) is 4.39. The first-order valence-corrected chi connectivity index (χ1v) is 5.71. The highest BCUT2D eigenvalue weighted by Gasteiger charge is 2.18. The summed E-state index contributed by atoms with van der Waals surface area (Å²) in [5.74, 6) is -0.570. The molecule has 0 aliphatic carbocycles. The summed E-state index contributed by atoms with van der Waals surface area (Å²) in [6.07, 6.45) is 1.57. The van der Waals surface area contributed by atoms with Crippen LogP contribution in [0.25, 0.3) is 0 Å². The van der Waals surface area contributed by atoms with Gasteiger partial charge in [-0.3, -0.25) is 4.79 Å². The number of aliphatic imine (C=N–C) groups is 1. The first kappa shape index (κ1) is 13.4. The van der Waals surface area contributed by atoms with Gasteiger partial charge in [0.1, 0.15) is 4.88 Å². The average molecular weight is 254 g/mol. The van der Waals surface area contributed by atoms with Gasteiger partial charge in [0, 0.05) is 14.1 Å². The zero-order valence-electron chi connectivity index (χ0n) is 10.2. The van der Waals surface area contributed by atoms with Crippen molar-refractivity contribution >= 4 is 35.1 Å². The van der Waals surface area contributed by atoms with Gasteiger partial charge >= 0.3 is 5.97 Å². The summed E-state index contributed by atoms with van der Waals surface area (Å²) in [4.78, 5) is 29.5. The van der Waals surface area contributed by atoms with Crippen LogP contribution < -0.4 is 0 Å². The summed E-state index contributed by atoms with van der Waals surface area (Å²) < 4.78 is 4.65. The molecule has 17 heavy (non-hydrogen) atoms. The quantitative estimate of drug-likeness (QED) is 0.357. The van der Waals surface area contributed by atoms with Crippen molar-refractivity contribution in [2.45, 2.75) is 6.92 Å². The molecule has 0 amide bonds. The first-order chi connectivity index (χ1) is 7.95. The van der Waals surface area contributed by atoms with E-state index >= 15 is 0 Å². The summed E-state index contributed by atoms with van der Waals surface area (Å²) in [6, 6.07) is 1.60. The van der Waals surface area contributed by atoms with Crippen LogP contribution in [0.15, 0.2) is 11.1 Å². The number of thiophene rings is 1. The summed E-state index contributed by atoms with van der Waals surface area (Å²) in [5.41, 5.74) is 0.459. The summed E-state index contributed by atoms with van der Waals surface area (Å²) >= 11 is 1.10. The molecule has 1 aromatic heterocycles. The SMILES string of the molecule is COC(=O)c1sc(C(C)=O)cc1N=CN(C)C. The van der Waals surface area contributed by atoms with Crippen molar-refractivity contribution in [3.63, 3.8) is 0 Å². The molecule has 0 radical (unpaired) electrons. The Bertz CT molecular complexity index is 463. The number of ether oxygens (including phenoxy) is 1. The second kappa shape index (κ2) is 5.58. The van der Waals surface area contributed by atoms with Crippen LogP contribution in [0.1, 0.15) is 26.3 Å². The fraction of sp³-hybridized carbons (Fsp3) is 0.364. The zero-order valence-corrected chi connectivity index (χ0v) is 11.0. The molecule has 1 aromatic rings. The molecule has 5 nitrogen and oxygen atoms in total. The normalized spacial score (nSPS) is 10.6. The Morgan fingerprint density at radius 2 is 2.12 bits per heavy atom. The minimum Gasteiger partial charge on any atom is -0.465 e. The van der Waals surface area contributed by atoms with Crippen LogP contribution in [0, 0.1) is 0 Å². The Morgan fingerprint density at radius 1 is 1.47 bits per heavy atom. The minimum atomic E-state index is -0.478. The van der Waals surface area contributed by atoms with E-state index in [9.17, 15) is 9.59 Å². The van der Waals surface area contributed by atoms with E-state index in [1.165, 1.54) is 14.0 Å². The van der Waals surface area contributed by atoms with E-state index in [0.717, 1.165) is 11.3 Å². The third-order valence-electron chi connectivity index (χ3n) is 1.86. The standard InChI is InChI=1S/C11H14N2O3S/c1-7(14)9-5-8(12-6-13(2)3)10(17-9)11(15)16-4/h5-6H,1-4H3. The van der Waals surface area contributed by atoms with Gasteiger partial charge in [0.05, 0.1) is 24.0 Å². The number of nitrogens with zero attached hydrogens (tertiary/aromatic N) is 2. The van der Waals surface area contributed by atoms with Crippen LogP contribution in [-0.2, 0) is 4.74 Å². The Balaban J connectivity index is 3.16. The molecule has 0 N–H and O–H groups in total. The number of methoxy groups -OCH3 is 1. The Morgan fingerprint density at radius 3 is 2.59 bits per heavy atom. The summed E-state index contributed by atoms with van der Waals surface area (Å²) in [7, 11) is 4.94. The van der Waals surface area contributed by atoms with E-state index in [1.54, 1.807) is 17.3 Å². The van der Waals surface area contributed by atoms with E-state index in [-0.39, 0.29) is 5.78 Å². The van der Waals surface area contributed by atoms with Crippen molar-refractivity contribution in [3.8, 4) is 0 Å². The second-order valence-electron chi connectivity index (χ2n) is 3.58. The van der Waals surface area contributed by atoms with E-state index in [1.807, 2.05) is 14.1 Å². The van der Waals surface area contributed by atoms with E-state index < -0.39 is 5.97 Å². The lowest BCUT2D eigenvalue weighted by Gasteiger charge is -2.02. The van der Waals surface area contributed by atoms with Crippen molar-refractivity contribution in [1.82, 2.24) is 4.90 Å². The number of ketones is 1. The number of hydrogen-bond acceptors (Lipinski definition) is 5. The van der Waals surface area contributed by atoms with Crippen molar-refractivity contribution < 1.29 is 14.3 Å². The third kappa shape index (κ3) is 3.39. The van der Waals surface area contributed by atoms with Crippen LogP contribution in [0.2, 0.25) is 0 Å². The van der Waals surface area contributed by atoms with E-state index in [0.29, 0.717) is 15.4 Å². The molecule has 0 aliphatic heterocycles. The fourth-order valence-electron chi connectivity index (χ4n) is 1.07. The molecule has 1 rings (SSSR count). The average Bonchev–Trinajstić information content (AvgIpc) is 2.69. The number of Topliss-reactive ketones (excluding diaryl/α,β-unsaturated/α-hetero) is 1. The molecule has 0 unspecified atom stereocenters.